The molecular formula is C21H28N3O2+. The molecule has 1 fully saturated rings. The van der Waals surface area contributed by atoms with Crippen molar-refractivity contribution in [3.8, 4) is 5.75 Å². The molecule has 26 heavy (non-hydrogen) atoms. The minimum Gasteiger partial charge on any atom is -0.508 e. The molecule has 1 aliphatic rings. The van der Waals surface area contributed by atoms with E-state index in [4.69, 9.17) is 0 Å². The third-order valence-electron chi connectivity index (χ3n) is 5.27. The Kier molecular flexibility index (Phi) is 5.47. The second-order valence-corrected chi connectivity index (χ2v) is 7.19. The molecule has 1 atom stereocenters. The fourth-order valence-corrected chi connectivity index (χ4v) is 3.53. The number of carbonyl (C=O) groups excluding carboxylic acids is 1. The molecule has 2 aromatic rings. The van der Waals surface area contributed by atoms with Crippen LogP contribution in [0.1, 0.15) is 18.1 Å². The number of amides is 1. The van der Waals surface area contributed by atoms with E-state index in [9.17, 15) is 9.90 Å². The summed E-state index contributed by atoms with van der Waals surface area (Å²) >= 11 is 0. The van der Waals surface area contributed by atoms with Gasteiger partial charge in [0.15, 0.2) is 6.04 Å². The molecule has 0 radical (unpaired) electrons. The summed E-state index contributed by atoms with van der Waals surface area (Å²) in [5.74, 6) is 0.361. The average Bonchev–Trinajstić information content (AvgIpc) is 2.64. The maximum Gasteiger partial charge on any atom is 0.282 e. The van der Waals surface area contributed by atoms with Gasteiger partial charge in [0.05, 0.1) is 26.2 Å². The number of hydrogen-bond acceptors (Lipinski definition) is 3. The number of benzene rings is 2. The number of carbonyl (C=O) groups is 1. The number of phenols is 1. The van der Waals surface area contributed by atoms with Crippen molar-refractivity contribution in [2.45, 2.75) is 26.8 Å². The van der Waals surface area contributed by atoms with E-state index in [1.54, 1.807) is 12.1 Å². The Hall–Kier alpha value is -2.53. The minimum atomic E-state index is -0.0855. The first-order valence-electron chi connectivity index (χ1n) is 9.21. The highest BCUT2D eigenvalue weighted by Crippen LogP contribution is 2.18. The molecule has 3 N–H and O–H groups in total. The normalized spacial score (nSPS) is 16.3. The lowest BCUT2D eigenvalue weighted by atomic mass is 10.1. The second kappa shape index (κ2) is 7.79. The summed E-state index contributed by atoms with van der Waals surface area (Å²) in [6.07, 6.45) is 0. The summed E-state index contributed by atoms with van der Waals surface area (Å²) in [6.45, 7) is 9.73. The molecule has 0 saturated carbocycles. The third kappa shape index (κ3) is 4.17. The molecule has 138 valence electrons. The van der Waals surface area contributed by atoms with E-state index in [1.165, 1.54) is 10.5 Å². The van der Waals surface area contributed by atoms with Gasteiger partial charge in [-0.15, -0.1) is 0 Å². The van der Waals surface area contributed by atoms with Gasteiger partial charge in [0.2, 0.25) is 0 Å². The molecule has 3 rings (SSSR count). The average molecular weight is 354 g/mol. The molecule has 0 unspecified atom stereocenters. The van der Waals surface area contributed by atoms with Crippen LogP contribution in [0.15, 0.2) is 42.5 Å². The quantitative estimate of drug-likeness (QED) is 0.784. The summed E-state index contributed by atoms with van der Waals surface area (Å²) in [7, 11) is 0. The highest BCUT2D eigenvalue weighted by molar-refractivity contribution is 5.94. The third-order valence-corrected chi connectivity index (χ3v) is 5.27. The number of piperazine rings is 1. The topological polar surface area (TPSA) is 57.0 Å². The summed E-state index contributed by atoms with van der Waals surface area (Å²) < 4.78 is 0. The van der Waals surface area contributed by atoms with Crippen molar-refractivity contribution in [3.05, 3.63) is 53.6 Å². The summed E-state index contributed by atoms with van der Waals surface area (Å²) in [5, 5.41) is 12.5. The smallest absolute Gasteiger partial charge is 0.282 e. The monoisotopic (exact) mass is 354 g/mol. The Balaban J connectivity index is 1.56. The van der Waals surface area contributed by atoms with E-state index in [2.05, 4.69) is 23.2 Å². The molecule has 5 heteroatoms. The Bertz CT molecular complexity index is 765. The van der Waals surface area contributed by atoms with Crippen molar-refractivity contribution in [1.82, 2.24) is 0 Å². The van der Waals surface area contributed by atoms with Gasteiger partial charge in [-0.3, -0.25) is 4.79 Å². The van der Waals surface area contributed by atoms with Crippen LogP contribution in [0.4, 0.5) is 11.4 Å². The van der Waals surface area contributed by atoms with Crippen molar-refractivity contribution >= 4 is 17.3 Å². The predicted molar refractivity (Wildman–Crippen MR) is 105 cm³/mol. The molecule has 0 bridgehead atoms. The number of nitrogens with one attached hydrogen (secondary N) is 2. The van der Waals surface area contributed by atoms with Crippen LogP contribution in [0.2, 0.25) is 0 Å². The molecule has 0 aliphatic carbocycles. The Morgan fingerprint density at radius 3 is 2.38 bits per heavy atom. The minimum absolute atomic E-state index is 0.0741. The van der Waals surface area contributed by atoms with E-state index in [1.807, 2.05) is 38.1 Å². The van der Waals surface area contributed by atoms with Crippen LogP contribution < -0.4 is 15.1 Å². The molecular weight excluding hydrogens is 326 g/mol. The molecule has 2 aromatic carbocycles. The number of aryl methyl sites for hydroxylation is 2. The largest absolute Gasteiger partial charge is 0.508 e. The molecule has 1 saturated heterocycles. The van der Waals surface area contributed by atoms with E-state index < -0.39 is 0 Å². The second-order valence-electron chi connectivity index (χ2n) is 7.19. The van der Waals surface area contributed by atoms with Crippen molar-refractivity contribution in [2.75, 3.05) is 36.4 Å². The van der Waals surface area contributed by atoms with Gasteiger partial charge in [0.1, 0.15) is 5.75 Å². The summed E-state index contributed by atoms with van der Waals surface area (Å²) in [5.41, 5.74) is 4.31. The highest BCUT2D eigenvalue weighted by Gasteiger charge is 2.29. The van der Waals surface area contributed by atoms with E-state index >= 15 is 0 Å². The van der Waals surface area contributed by atoms with Crippen LogP contribution >= 0.6 is 0 Å². The summed E-state index contributed by atoms with van der Waals surface area (Å²) in [4.78, 5) is 16.3. The Morgan fingerprint density at radius 2 is 1.77 bits per heavy atom. The van der Waals surface area contributed by atoms with Gasteiger partial charge in [0.25, 0.3) is 5.91 Å². The molecule has 0 spiro atoms. The highest BCUT2D eigenvalue weighted by atomic mass is 16.3. The summed E-state index contributed by atoms with van der Waals surface area (Å²) in [6, 6.07) is 13.3. The lowest BCUT2D eigenvalue weighted by molar-refractivity contribution is -0.914. The van der Waals surface area contributed by atoms with Gasteiger partial charge in [-0.05, 0) is 56.7 Å². The maximum atomic E-state index is 12.7. The Labute approximate surface area is 155 Å². The first kappa shape index (κ1) is 18.3. The SMILES string of the molecule is Cc1ccc(NC(=O)[C@H](C)[NH+]2CCN(c3ccc(O)cc3)CC2)c(C)c1. The first-order valence-corrected chi connectivity index (χ1v) is 9.21. The van der Waals surface area contributed by atoms with Crippen LogP contribution in [0.3, 0.4) is 0 Å². The van der Waals surface area contributed by atoms with Crippen LogP contribution in [0.5, 0.6) is 5.75 Å². The van der Waals surface area contributed by atoms with Crippen LogP contribution in [0.25, 0.3) is 0 Å². The van der Waals surface area contributed by atoms with Crippen molar-refractivity contribution < 1.29 is 14.8 Å². The molecule has 5 nitrogen and oxygen atoms in total. The molecule has 0 aromatic heterocycles. The molecule has 1 aliphatic heterocycles. The lowest BCUT2D eigenvalue weighted by Crippen LogP contribution is -3.19. The maximum absolute atomic E-state index is 12.7. The van der Waals surface area contributed by atoms with Gasteiger partial charge in [0, 0.05) is 11.4 Å². The number of phenolic OH excluding ortho intramolecular Hbond substituents is 1. The fourth-order valence-electron chi connectivity index (χ4n) is 3.53. The standard InChI is InChI=1S/C21H27N3O2/c1-15-4-9-20(16(2)14-15)22-21(26)17(3)23-10-12-24(13-11-23)18-5-7-19(25)8-6-18/h4-9,14,17,25H,10-13H2,1-3H3,(H,22,26)/p+1/t17-/m0/s1. The predicted octanol–water partition coefficient (Wildman–Crippen LogP) is 1.74. The van der Waals surface area contributed by atoms with Crippen molar-refractivity contribution in [2.24, 2.45) is 0 Å². The number of aromatic hydroxyl groups is 1. The number of hydrogen-bond donors (Lipinski definition) is 3. The van der Waals surface area contributed by atoms with Gasteiger partial charge < -0.3 is 20.2 Å². The number of nitrogens with zero attached hydrogens (tertiary/aromatic N) is 1. The van der Waals surface area contributed by atoms with Gasteiger partial charge in [-0.25, -0.2) is 0 Å². The lowest BCUT2D eigenvalue weighted by Gasteiger charge is -2.36. The number of rotatable bonds is 4. The van der Waals surface area contributed by atoms with Crippen LogP contribution in [-0.2, 0) is 4.79 Å². The van der Waals surface area contributed by atoms with E-state index in [0.717, 1.165) is 43.1 Å². The zero-order chi connectivity index (χ0) is 18.7. The van der Waals surface area contributed by atoms with E-state index in [-0.39, 0.29) is 17.7 Å². The van der Waals surface area contributed by atoms with Crippen molar-refractivity contribution in [1.29, 1.82) is 0 Å². The van der Waals surface area contributed by atoms with Gasteiger partial charge in [-0.2, -0.15) is 0 Å². The van der Waals surface area contributed by atoms with Crippen LogP contribution in [-0.4, -0.2) is 43.2 Å². The van der Waals surface area contributed by atoms with Crippen molar-refractivity contribution in [3.63, 3.8) is 0 Å². The first-order chi connectivity index (χ1) is 12.4. The van der Waals surface area contributed by atoms with Gasteiger partial charge in [-0.1, -0.05) is 17.7 Å². The fraction of sp³-hybridized carbons (Fsp3) is 0.381. The number of quaternary nitrogens is 1. The van der Waals surface area contributed by atoms with E-state index in [0.29, 0.717) is 0 Å². The zero-order valence-corrected chi connectivity index (χ0v) is 15.7. The zero-order valence-electron chi connectivity index (χ0n) is 15.7. The van der Waals surface area contributed by atoms with Crippen LogP contribution in [0, 0.1) is 13.8 Å². The number of anilines is 2. The Morgan fingerprint density at radius 1 is 1.12 bits per heavy atom. The van der Waals surface area contributed by atoms with Gasteiger partial charge >= 0.3 is 0 Å². The molecule has 1 amide bonds. The molecule has 1 heterocycles.